The summed E-state index contributed by atoms with van der Waals surface area (Å²) in [5.41, 5.74) is 8.15. The topological polar surface area (TPSA) is 175 Å². The normalized spacial score (nSPS) is 26.3. The predicted octanol–water partition coefficient (Wildman–Crippen LogP) is 4.48. The molecule has 47 heavy (non-hydrogen) atoms. The molecule has 4 fully saturated rings. The lowest BCUT2D eigenvalue weighted by molar-refractivity contribution is -0.525. The number of hydrogen-bond acceptors (Lipinski definition) is 8. The third-order valence-electron chi connectivity index (χ3n) is 10.7. The van der Waals surface area contributed by atoms with E-state index in [2.05, 4.69) is 51.9 Å². The van der Waals surface area contributed by atoms with Gasteiger partial charge in [0.2, 0.25) is 5.91 Å². The maximum Gasteiger partial charge on any atom is 0.481 e. The molecule has 0 unspecified atom stereocenters. The zero-order chi connectivity index (χ0) is 34.6. The molecule has 12 nitrogen and oxygen atoms in total. The van der Waals surface area contributed by atoms with Crippen LogP contribution in [0.4, 0.5) is 0 Å². The summed E-state index contributed by atoms with van der Waals surface area (Å²) in [7, 11) is -4.46. The van der Waals surface area contributed by atoms with Gasteiger partial charge in [0.15, 0.2) is 14.9 Å². The maximum absolute atomic E-state index is 14.0. The van der Waals surface area contributed by atoms with Crippen LogP contribution in [0.25, 0.3) is 0 Å². The molecule has 3 aliphatic carbocycles. The third kappa shape index (κ3) is 8.86. The van der Waals surface area contributed by atoms with Crippen molar-refractivity contribution in [3.05, 3.63) is 39.9 Å². The minimum absolute atomic E-state index is 0.0481. The Kier molecular flexibility index (Phi) is 12.0. The van der Waals surface area contributed by atoms with E-state index in [1.54, 1.807) is 17.6 Å². The molecule has 0 radical (unpaired) electrons. The number of sulfone groups is 1. The molecular formula is C33H54BN5O7S. The van der Waals surface area contributed by atoms with E-state index in [0.29, 0.717) is 24.7 Å². The molecule has 2 bridgehead atoms. The van der Waals surface area contributed by atoms with E-state index in [-0.39, 0.29) is 47.0 Å². The molecule has 0 spiro atoms. The van der Waals surface area contributed by atoms with E-state index in [4.69, 9.17) is 15.0 Å². The number of amides is 1. The van der Waals surface area contributed by atoms with Crippen LogP contribution in [0.1, 0.15) is 98.5 Å². The molecule has 6 atom stereocenters. The molecule has 4 aliphatic rings. The fraction of sp³-hybridized carbons (Fsp3) is 0.758. The fourth-order valence-electron chi connectivity index (χ4n) is 7.88. The van der Waals surface area contributed by atoms with Crippen molar-refractivity contribution in [2.24, 2.45) is 39.8 Å². The van der Waals surface area contributed by atoms with E-state index < -0.39 is 45.4 Å². The van der Waals surface area contributed by atoms with E-state index in [1.807, 2.05) is 12.1 Å². The number of carbonyl (C=O) groups excluding carboxylic acids is 1. The molecule has 4 N–H and O–H groups in total. The minimum atomic E-state index is -3.82. The second kappa shape index (κ2) is 15.2. The number of unbranched alkanes of at least 4 members (excludes halogenated alkanes) is 2. The Labute approximate surface area is 280 Å². The largest absolute Gasteiger partial charge is 0.481 e. The monoisotopic (exact) mass is 675 g/mol. The van der Waals surface area contributed by atoms with Crippen LogP contribution < -0.4 is 16.5 Å². The Morgan fingerprint density at radius 1 is 1.17 bits per heavy atom. The molecule has 1 aliphatic heterocycles. The summed E-state index contributed by atoms with van der Waals surface area (Å²) in [6.45, 7) is 13.1. The number of guanidine groups is 1. The van der Waals surface area contributed by atoms with Crippen LogP contribution in [0, 0.1) is 39.2 Å². The standard InChI is InChI=1S/C33H54BN5O7S/c1-7-8-9-11-23-13-15-26(16-14-23)47(43,44)21-24(12-10-17-36-31(35)38-39(41)42)30(40)37-29(18-22(2)3)34-45-28-20-25-19-27(32(25,4)5)33(28,6)46-34/h13-16,22,24-25,27-29H,7-12,17-21H2,1-6H3,(H,37,40)(H3,35,36,38)/t24-,25+,27+,28-,29+,33+/m1/s1. The number of carbonyl (C=O) groups is 1. The van der Waals surface area contributed by atoms with Gasteiger partial charge in [-0.15, -0.1) is 0 Å². The van der Waals surface area contributed by atoms with Gasteiger partial charge >= 0.3 is 7.12 Å². The Hall–Kier alpha value is -2.71. The molecule has 1 aromatic rings. The number of rotatable bonds is 17. The predicted molar refractivity (Wildman–Crippen MR) is 183 cm³/mol. The van der Waals surface area contributed by atoms with Gasteiger partial charge < -0.3 is 20.4 Å². The van der Waals surface area contributed by atoms with Crippen LogP contribution in [-0.2, 0) is 30.4 Å². The second-order valence-corrected chi connectivity index (χ2v) is 17.0. The first-order valence-electron chi connectivity index (χ1n) is 17.2. The van der Waals surface area contributed by atoms with Gasteiger partial charge in [0, 0.05) is 6.54 Å². The summed E-state index contributed by atoms with van der Waals surface area (Å²) in [5, 5.41) is 13.0. The molecule has 1 heterocycles. The molecule has 3 saturated carbocycles. The molecule has 262 valence electrons. The van der Waals surface area contributed by atoms with Crippen molar-refractivity contribution in [2.45, 2.75) is 122 Å². The number of nitrogens with two attached hydrogens (primary N) is 1. The first-order valence-corrected chi connectivity index (χ1v) is 18.9. The highest BCUT2D eigenvalue weighted by Crippen LogP contribution is 2.65. The van der Waals surface area contributed by atoms with Gasteiger partial charge in [0.25, 0.3) is 5.96 Å². The number of aryl methyl sites for hydroxylation is 1. The number of nitrogens with one attached hydrogen (secondary N) is 2. The van der Waals surface area contributed by atoms with Crippen LogP contribution in [0.5, 0.6) is 0 Å². The number of aliphatic imine (C=N–C) groups is 1. The SMILES string of the molecule is CCCCCc1ccc(S(=O)(=O)C[C@@H](CCCN=C(N)N[N+](=O)[O-])C(=O)N[C@@H](CC(C)C)B2O[C@@H]3C[C@@H]4C[C@@H](C4(C)C)[C@]3(C)O2)cc1. The Bertz CT molecular complexity index is 1390. The fourth-order valence-corrected chi connectivity index (χ4v) is 9.47. The molecule has 1 saturated heterocycles. The summed E-state index contributed by atoms with van der Waals surface area (Å²) in [4.78, 5) is 28.8. The van der Waals surface area contributed by atoms with Crippen molar-refractivity contribution in [1.29, 1.82) is 0 Å². The van der Waals surface area contributed by atoms with Crippen molar-refractivity contribution >= 4 is 28.8 Å². The van der Waals surface area contributed by atoms with E-state index in [0.717, 1.165) is 44.1 Å². The Morgan fingerprint density at radius 3 is 2.49 bits per heavy atom. The molecule has 1 aromatic carbocycles. The van der Waals surface area contributed by atoms with E-state index in [9.17, 15) is 23.3 Å². The van der Waals surface area contributed by atoms with Crippen LogP contribution in [0.3, 0.4) is 0 Å². The van der Waals surface area contributed by atoms with Crippen LogP contribution in [0.15, 0.2) is 34.2 Å². The Morgan fingerprint density at radius 2 is 1.87 bits per heavy atom. The third-order valence-corrected chi connectivity index (χ3v) is 12.5. The highest BCUT2D eigenvalue weighted by Gasteiger charge is 2.68. The summed E-state index contributed by atoms with van der Waals surface area (Å²) < 4.78 is 40.5. The van der Waals surface area contributed by atoms with Gasteiger partial charge in [-0.05, 0) is 92.7 Å². The highest BCUT2D eigenvalue weighted by molar-refractivity contribution is 7.91. The quantitative estimate of drug-likeness (QED) is 0.0537. The van der Waals surface area contributed by atoms with Crippen molar-refractivity contribution in [3.63, 3.8) is 0 Å². The molecule has 0 aromatic heterocycles. The Balaban J connectivity index is 1.50. The number of nitro groups is 1. The van der Waals surface area contributed by atoms with E-state index >= 15 is 0 Å². The maximum atomic E-state index is 14.0. The lowest BCUT2D eigenvalue weighted by Gasteiger charge is -2.64. The lowest BCUT2D eigenvalue weighted by atomic mass is 9.43. The first-order chi connectivity index (χ1) is 22.1. The zero-order valence-electron chi connectivity index (χ0n) is 28.9. The smallest absolute Gasteiger partial charge is 0.404 e. The van der Waals surface area contributed by atoms with Crippen LogP contribution in [-0.4, -0.2) is 62.4 Å². The molecule has 14 heteroatoms. The van der Waals surface area contributed by atoms with Gasteiger partial charge in [-0.2, -0.15) is 0 Å². The molecule has 1 amide bonds. The lowest BCUT2D eigenvalue weighted by Crippen LogP contribution is -2.65. The number of hydrogen-bond donors (Lipinski definition) is 3. The molecular weight excluding hydrogens is 621 g/mol. The minimum Gasteiger partial charge on any atom is -0.404 e. The number of benzene rings is 1. The van der Waals surface area contributed by atoms with Crippen LogP contribution >= 0.6 is 0 Å². The average molecular weight is 676 g/mol. The number of hydrazine groups is 1. The highest BCUT2D eigenvalue weighted by atomic mass is 32.2. The van der Waals surface area contributed by atoms with Crippen molar-refractivity contribution in [2.75, 3.05) is 12.3 Å². The summed E-state index contributed by atoms with van der Waals surface area (Å²) in [6.07, 6.45) is 7.22. The van der Waals surface area contributed by atoms with Gasteiger partial charge in [-0.25, -0.2) is 23.5 Å². The number of nitrogens with zero attached hydrogens (tertiary/aromatic N) is 2. The van der Waals surface area contributed by atoms with Gasteiger partial charge in [0.1, 0.15) is 0 Å². The summed E-state index contributed by atoms with van der Waals surface area (Å²) >= 11 is 0. The van der Waals surface area contributed by atoms with Crippen molar-refractivity contribution in [1.82, 2.24) is 10.7 Å². The van der Waals surface area contributed by atoms with Gasteiger partial charge in [-0.1, -0.05) is 65.0 Å². The van der Waals surface area contributed by atoms with Gasteiger partial charge in [0.05, 0.1) is 34.2 Å². The van der Waals surface area contributed by atoms with Crippen LogP contribution in [0.2, 0.25) is 0 Å². The summed E-state index contributed by atoms with van der Waals surface area (Å²) in [6, 6.07) is 6.93. The first kappa shape index (κ1) is 37.1. The van der Waals surface area contributed by atoms with Crippen molar-refractivity contribution in [3.8, 4) is 0 Å². The van der Waals surface area contributed by atoms with Crippen molar-refractivity contribution < 1.29 is 27.6 Å². The molecule has 5 rings (SSSR count). The average Bonchev–Trinajstić information content (AvgIpc) is 3.35. The summed E-state index contributed by atoms with van der Waals surface area (Å²) in [5.74, 6) is -1.33. The second-order valence-electron chi connectivity index (χ2n) is 14.9. The zero-order valence-corrected chi connectivity index (χ0v) is 29.7. The van der Waals surface area contributed by atoms with E-state index in [1.165, 1.54) is 0 Å². The van der Waals surface area contributed by atoms with Gasteiger partial charge in [-0.3, -0.25) is 4.79 Å².